The zero-order valence-electron chi connectivity index (χ0n) is 18.9. The first kappa shape index (κ1) is 21.4. The lowest BCUT2D eigenvalue weighted by molar-refractivity contribution is 0.0734. The molecule has 0 radical (unpaired) electrons. The molecule has 1 N–H and O–H groups in total. The van der Waals surface area contributed by atoms with E-state index < -0.39 is 5.97 Å². The highest BCUT2D eigenvalue weighted by Crippen LogP contribution is 2.52. The lowest BCUT2D eigenvalue weighted by atomic mass is 10.0. The average Bonchev–Trinajstić information content (AvgIpc) is 3.04. The summed E-state index contributed by atoms with van der Waals surface area (Å²) < 4.78 is 5.58. The fourth-order valence-electron chi connectivity index (χ4n) is 4.48. The van der Waals surface area contributed by atoms with Crippen LogP contribution < -0.4 is 10.1 Å². The number of Topliss-reactive ketones (excluding diaryl/α,β-unsaturated/α-hetero) is 1. The van der Waals surface area contributed by atoms with Gasteiger partial charge in [0.25, 0.3) is 0 Å². The van der Waals surface area contributed by atoms with Crippen molar-refractivity contribution in [3.05, 3.63) is 130 Å². The number of carbonyl (C=O) groups is 2. The highest BCUT2D eigenvalue weighted by atomic mass is 32.2. The van der Waals surface area contributed by atoms with Gasteiger partial charge in [0.1, 0.15) is 5.75 Å². The van der Waals surface area contributed by atoms with E-state index in [1.54, 1.807) is 36.0 Å². The summed E-state index contributed by atoms with van der Waals surface area (Å²) >= 11 is 1.65. The molecule has 1 atom stereocenters. The highest BCUT2D eigenvalue weighted by Gasteiger charge is 2.38. The molecule has 5 heteroatoms. The van der Waals surface area contributed by atoms with Gasteiger partial charge in [-0.3, -0.25) is 4.79 Å². The van der Waals surface area contributed by atoms with Gasteiger partial charge in [0.05, 0.1) is 22.2 Å². The smallest absolute Gasteiger partial charge is 0.343 e. The fourth-order valence-corrected chi connectivity index (χ4v) is 5.77. The molecule has 0 spiro atoms. The van der Waals surface area contributed by atoms with Gasteiger partial charge < -0.3 is 10.1 Å². The van der Waals surface area contributed by atoms with Gasteiger partial charge in [0.15, 0.2) is 5.78 Å². The van der Waals surface area contributed by atoms with Gasteiger partial charge in [-0.2, -0.15) is 0 Å². The van der Waals surface area contributed by atoms with Crippen molar-refractivity contribution >= 4 is 34.9 Å². The Morgan fingerprint density at radius 1 is 0.829 bits per heavy atom. The van der Waals surface area contributed by atoms with E-state index >= 15 is 0 Å². The summed E-state index contributed by atoms with van der Waals surface area (Å²) in [5, 5.41) is 3.33. The number of thioether (sulfide) groups is 1. The number of fused-ring (bicyclic) bond motifs is 3. The molecule has 1 aliphatic carbocycles. The van der Waals surface area contributed by atoms with Crippen molar-refractivity contribution in [2.45, 2.75) is 17.1 Å². The normalized spacial score (nSPS) is 16.0. The number of hydrogen-bond acceptors (Lipinski definition) is 5. The maximum Gasteiger partial charge on any atom is 0.343 e. The molecule has 4 aromatic carbocycles. The Bertz CT molecular complexity index is 1500. The second-order valence-electron chi connectivity index (χ2n) is 8.61. The third kappa shape index (κ3) is 3.84. The van der Waals surface area contributed by atoms with Crippen molar-refractivity contribution in [1.82, 2.24) is 0 Å². The maximum absolute atomic E-state index is 13.5. The van der Waals surface area contributed by atoms with Gasteiger partial charge in [-0.1, -0.05) is 66.2 Å². The van der Waals surface area contributed by atoms with Crippen LogP contribution in [0.3, 0.4) is 0 Å². The molecule has 0 unspecified atom stereocenters. The van der Waals surface area contributed by atoms with Crippen molar-refractivity contribution in [3.8, 4) is 5.75 Å². The van der Waals surface area contributed by atoms with Crippen LogP contribution in [0.1, 0.15) is 42.7 Å². The summed E-state index contributed by atoms with van der Waals surface area (Å²) in [4.78, 5) is 27.1. The van der Waals surface area contributed by atoms with Gasteiger partial charge >= 0.3 is 5.97 Å². The van der Waals surface area contributed by atoms with E-state index in [0.29, 0.717) is 11.3 Å². The lowest BCUT2D eigenvalue weighted by Gasteiger charge is -2.17. The summed E-state index contributed by atoms with van der Waals surface area (Å²) in [6.45, 7) is 1.97. The Balaban J connectivity index is 1.35. The summed E-state index contributed by atoms with van der Waals surface area (Å²) in [7, 11) is 0. The first-order valence-electron chi connectivity index (χ1n) is 11.4. The first-order chi connectivity index (χ1) is 17.1. The molecule has 0 saturated carbocycles. The molecule has 0 bridgehead atoms. The van der Waals surface area contributed by atoms with Crippen molar-refractivity contribution in [2.24, 2.45) is 0 Å². The number of aryl methyl sites for hydroxylation is 1. The van der Waals surface area contributed by atoms with Crippen LogP contribution in [0.4, 0.5) is 5.69 Å². The molecular weight excluding hydrogens is 454 g/mol. The number of rotatable bonds is 3. The third-order valence-electron chi connectivity index (χ3n) is 6.29. The Morgan fingerprint density at radius 2 is 1.51 bits per heavy atom. The predicted molar refractivity (Wildman–Crippen MR) is 139 cm³/mol. The van der Waals surface area contributed by atoms with Crippen molar-refractivity contribution < 1.29 is 14.3 Å². The van der Waals surface area contributed by atoms with Crippen LogP contribution in [-0.2, 0) is 0 Å². The van der Waals surface area contributed by atoms with E-state index in [4.69, 9.17) is 4.74 Å². The van der Waals surface area contributed by atoms with Crippen LogP contribution in [0, 0.1) is 6.92 Å². The molecule has 1 aliphatic heterocycles. The SMILES string of the molecule is Cc1ccc(C(=O)Oc2ccc([C@H]3Sc4ccccc4NC4=C3C(=O)c3ccccc34)cc2)cc1. The minimum absolute atomic E-state index is 0.0447. The predicted octanol–water partition coefficient (Wildman–Crippen LogP) is 7.08. The van der Waals surface area contributed by atoms with Crippen LogP contribution in [-0.4, -0.2) is 11.8 Å². The number of nitrogens with one attached hydrogen (secondary N) is 1. The van der Waals surface area contributed by atoms with Gasteiger partial charge in [0.2, 0.25) is 0 Å². The van der Waals surface area contributed by atoms with Crippen LogP contribution in [0.25, 0.3) is 5.70 Å². The molecule has 0 aromatic heterocycles. The molecule has 35 heavy (non-hydrogen) atoms. The van der Waals surface area contributed by atoms with Crippen LogP contribution >= 0.6 is 11.8 Å². The summed E-state index contributed by atoms with van der Waals surface area (Å²) in [5.41, 5.74) is 6.81. The van der Waals surface area contributed by atoms with E-state index in [1.165, 1.54) is 0 Å². The molecule has 170 valence electrons. The van der Waals surface area contributed by atoms with Crippen molar-refractivity contribution in [3.63, 3.8) is 0 Å². The lowest BCUT2D eigenvalue weighted by Crippen LogP contribution is -2.09. The quantitative estimate of drug-likeness (QED) is 0.253. The van der Waals surface area contributed by atoms with Gasteiger partial charge in [-0.05, 0) is 48.9 Å². The van der Waals surface area contributed by atoms with Crippen LogP contribution in [0.15, 0.2) is 108 Å². The summed E-state index contributed by atoms with van der Waals surface area (Å²) in [6.07, 6.45) is 0. The number of carbonyl (C=O) groups excluding carboxylic acids is 2. The second kappa shape index (κ2) is 8.60. The Hall–Kier alpha value is -4.09. The van der Waals surface area contributed by atoms with E-state index in [2.05, 4.69) is 11.4 Å². The van der Waals surface area contributed by atoms with E-state index in [1.807, 2.05) is 73.7 Å². The first-order valence-corrected chi connectivity index (χ1v) is 12.3. The number of para-hydroxylation sites is 1. The topological polar surface area (TPSA) is 55.4 Å². The van der Waals surface area contributed by atoms with E-state index in [9.17, 15) is 9.59 Å². The third-order valence-corrected chi connectivity index (χ3v) is 7.64. The van der Waals surface area contributed by atoms with Crippen molar-refractivity contribution in [1.29, 1.82) is 0 Å². The zero-order valence-corrected chi connectivity index (χ0v) is 19.8. The number of benzene rings is 4. The molecule has 0 fully saturated rings. The van der Waals surface area contributed by atoms with Gasteiger partial charge in [0, 0.05) is 21.6 Å². The number of ether oxygens (including phenoxy) is 1. The molecule has 2 aliphatic rings. The Kier molecular flexibility index (Phi) is 5.27. The molecule has 6 rings (SSSR count). The largest absolute Gasteiger partial charge is 0.423 e. The highest BCUT2D eigenvalue weighted by molar-refractivity contribution is 8.00. The Labute approximate surface area is 207 Å². The van der Waals surface area contributed by atoms with Crippen LogP contribution in [0.5, 0.6) is 5.75 Å². The monoisotopic (exact) mass is 475 g/mol. The number of esters is 1. The van der Waals surface area contributed by atoms with Crippen molar-refractivity contribution in [2.75, 3.05) is 5.32 Å². The molecular formula is C30H21NO3S. The molecule has 1 heterocycles. The Morgan fingerprint density at radius 3 is 2.29 bits per heavy atom. The minimum Gasteiger partial charge on any atom is -0.423 e. The van der Waals surface area contributed by atoms with E-state index in [-0.39, 0.29) is 11.0 Å². The van der Waals surface area contributed by atoms with Gasteiger partial charge in [-0.15, -0.1) is 11.8 Å². The minimum atomic E-state index is -0.397. The van der Waals surface area contributed by atoms with Gasteiger partial charge in [-0.25, -0.2) is 4.79 Å². The standard InChI is InChI=1S/C30H21NO3S/c1-18-10-12-20(13-11-18)30(33)34-21-16-14-19(15-17-21)29-26-27(22-6-2-3-7-23(22)28(26)32)31-24-8-4-5-9-25(24)35-29/h2-17,29,31H,1H3/t29-/m1/s1. The number of ketones is 1. The maximum atomic E-state index is 13.5. The zero-order chi connectivity index (χ0) is 23.9. The molecule has 4 nitrogen and oxygen atoms in total. The number of anilines is 1. The van der Waals surface area contributed by atoms with E-state index in [0.717, 1.165) is 44.1 Å². The second-order valence-corrected chi connectivity index (χ2v) is 9.75. The summed E-state index contributed by atoms with van der Waals surface area (Å²) in [6, 6.07) is 30.6. The fraction of sp³-hybridized carbons (Fsp3) is 0.0667. The van der Waals surface area contributed by atoms with Crippen LogP contribution in [0.2, 0.25) is 0 Å². The molecule has 0 saturated heterocycles. The molecule has 0 amide bonds. The molecule has 4 aromatic rings. The average molecular weight is 476 g/mol. The number of hydrogen-bond donors (Lipinski definition) is 1. The summed E-state index contributed by atoms with van der Waals surface area (Å²) in [5.74, 6) is 0.112.